The number of rotatable bonds is 5. The van der Waals surface area contributed by atoms with Gasteiger partial charge in [-0.25, -0.2) is 19.3 Å². The van der Waals surface area contributed by atoms with E-state index in [1.165, 1.54) is 23.4 Å². The predicted octanol–water partition coefficient (Wildman–Crippen LogP) is 3.76. The molecule has 29 heavy (non-hydrogen) atoms. The van der Waals surface area contributed by atoms with E-state index in [4.69, 9.17) is 4.42 Å². The maximum atomic E-state index is 13.2. The molecule has 0 fully saturated rings. The third-order valence-corrected chi connectivity index (χ3v) is 5.29. The Morgan fingerprint density at radius 2 is 2.00 bits per heavy atom. The van der Waals surface area contributed by atoms with Crippen molar-refractivity contribution in [2.75, 3.05) is 7.11 Å². The average Bonchev–Trinajstić information content (AvgIpc) is 3.22. The molecule has 4 aromatic rings. The normalized spacial score (nSPS) is 11.0. The Hall–Kier alpha value is -3.39. The number of aromatic nitrogens is 3. The Balaban J connectivity index is 1.78. The van der Waals surface area contributed by atoms with Gasteiger partial charge in [0.1, 0.15) is 11.6 Å². The van der Waals surface area contributed by atoms with Gasteiger partial charge in [-0.15, -0.1) is 0 Å². The van der Waals surface area contributed by atoms with Crippen molar-refractivity contribution in [2.45, 2.75) is 17.8 Å². The van der Waals surface area contributed by atoms with Crippen molar-refractivity contribution in [3.05, 3.63) is 82.2 Å². The van der Waals surface area contributed by atoms with Gasteiger partial charge in [0.05, 0.1) is 23.8 Å². The van der Waals surface area contributed by atoms with Crippen molar-refractivity contribution in [2.24, 2.45) is 0 Å². The van der Waals surface area contributed by atoms with Gasteiger partial charge < -0.3 is 9.15 Å². The Bertz CT molecular complexity index is 1260. The number of pyridine rings is 1. The predicted molar refractivity (Wildman–Crippen MR) is 109 cm³/mol. The molecule has 3 aromatic heterocycles. The fourth-order valence-corrected chi connectivity index (χ4v) is 3.80. The molecule has 0 radical (unpaired) electrons. The highest BCUT2D eigenvalue weighted by atomic mass is 32.2. The van der Waals surface area contributed by atoms with E-state index >= 15 is 0 Å². The zero-order valence-corrected chi connectivity index (χ0v) is 16.6. The number of carbonyl (C=O) groups excluding carboxylic acids is 1. The van der Waals surface area contributed by atoms with Crippen molar-refractivity contribution in [3.8, 4) is 5.82 Å². The third-order valence-electron chi connectivity index (χ3n) is 4.33. The highest BCUT2D eigenvalue weighted by molar-refractivity contribution is 7.98. The highest BCUT2D eigenvalue weighted by Crippen LogP contribution is 2.26. The van der Waals surface area contributed by atoms with Crippen molar-refractivity contribution >= 4 is 28.6 Å². The number of hydrogen-bond donors (Lipinski definition) is 0. The Labute approximate surface area is 170 Å². The van der Waals surface area contributed by atoms with Gasteiger partial charge in [-0.2, -0.15) is 0 Å². The summed E-state index contributed by atoms with van der Waals surface area (Å²) in [6.45, 7) is 1.90. The van der Waals surface area contributed by atoms with Gasteiger partial charge >= 0.3 is 5.97 Å². The Kier molecular flexibility index (Phi) is 5.18. The Morgan fingerprint density at radius 1 is 1.17 bits per heavy atom. The number of ether oxygens (including phenoxy) is 1. The summed E-state index contributed by atoms with van der Waals surface area (Å²) in [7, 11) is 1.30. The number of fused-ring (bicyclic) bond motifs is 1. The first-order valence-corrected chi connectivity index (χ1v) is 9.80. The highest BCUT2D eigenvalue weighted by Gasteiger charge is 2.17. The molecule has 4 rings (SSSR count). The van der Waals surface area contributed by atoms with Crippen LogP contribution in [0.2, 0.25) is 0 Å². The SMILES string of the molecule is COC(=O)c1ccc(CSc2nc3ccccc3c(=O)n2-c2ncccc2C)o1. The van der Waals surface area contributed by atoms with Crippen molar-refractivity contribution < 1.29 is 13.9 Å². The van der Waals surface area contributed by atoms with E-state index in [2.05, 4.69) is 14.7 Å². The number of furan rings is 1. The first-order valence-electron chi connectivity index (χ1n) is 8.82. The number of aryl methyl sites for hydroxylation is 1. The first-order chi connectivity index (χ1) is 14.1. The average molecular weight is 407 g/mol. The standard InChI is InChI=1S/C21H17N3O4S/c1-13-6-5-11-22-18(13)24-19(25)15-7-3-4-8-16(15)23-21(24)29-12-14-9-10-17(28-14)20(26)27-2/h3-11H,12H2,1-2H3. The minimum Gasteiger partial charge on any atom is -0.463 e. The van der Waals surface area contributed by atoms with E-state index in [1.54, 1.807) is 30.5 Å². The second-order valence-corrected chi connectivity index (χ2v) is 7.18. The summed E-state index contributed by atoms with van der Waals surface area (Å²) >= 11 is 1.33. The molecule has 0 unspecified atom stereocenters. The smallest absolute Gasteiger partial charge is 0.373 e. The lowest BCUT2D eigenvalue weighted by Crippen LogP contribution is -2.23. The monoisotopic (exact) mass is 407 g/mol. The van der Waals surface area contributed by atoms with Gasteiger partial charge in [0, 0.05) is 6.20 Å². The number of hydrogen-bond acceptors (Lipinski definition) is 7. The molecule has 0 atom stereocenters. The molecule has 0 saturated carbocycles. The van der Waals surface area contributed by atoms with Crippen LogP contribution in [0.25, 0.3) is 16.7 Å². The molecule has 0 saturated heterocycles. The van der Waals surface area contributed by atoms with E-state index in [0.29, 0.717) is 33.4 Å². The second-order valence-electron chi connectivity index (χ2n) is 6.24. The maximum Gasteiger partial charge on any atom is 0.373 e. The summed E-state index contributed by atoms with van der Waals surface area (Å²) in [5, 5.41) is 1.01. The minimum atomic E-state index is -0.536. The van der Waals surface area contributed by atoms with Crippen LogP contribution in [0.3, 0.4) is 0 Å². The van der Waals surface area contributed by atoms with Crippen molar-refractivity contribution in [1.29, 1.82) is 0 Å². The summed E-state index contributed by atoms with van der Waals surface area (Å²) < 4.78 is 11.7. The maximum absolute atomic E-state index is 13.2. The fourth-order valence-electron chi connectivity index (χ4n) is 2.91. The van der Waals surface area contributed by atoms with Crippen LogP contribution in [0.1, 0.15) is 21.9 Å². The summed E-state index contributed by atoms with van der Waals surface area (Å²) in [4.78, 5) is 33.9. The van der Waals surface area contributed by atoms with Gasteiger partial charge in [-0.3, -0.25) is 4.79 Å². The number of methoxy groups -OCH3 is 1. The van der Waals surface area contributed by atoms with Crippen LogP contribution >= 0.6 is 11.8 Å². The molecule has 0 amide bonds. The van der Waals surface area contributed by atoms with E-state index in [1.807, 2.05) is 31.2 Å². The molecule has 0 spiro atoms. The van der Waals surface area contributed by atoms with E-state index in [9.17, 15) is 9.59 Å². The third kappa shape index (κ3) is 3.66. The lowest BCUT2D eigenvalue weighted by Gasteiger charge is -2.13. The zero-order chi connectivity index (χ0) is 20.4. The molecule has 0 aliphatic heterocycles. The van der Waals surface area contributed by atoms with Crippen LogP contribution in [0.5, 0.6) is 0 Å². The fraction of sp³-hybridized carbons (Fsp3) is 0.143. The van der Waals surface area contributed by atoms with Gasteiger partial charge in [-0.1, -0.05) is 30.0 Å². The summed E-state index contributed by atoms with van der Waals surface area (Å²) in [5.41, 5.74) is 1.29. The van der Waals surface area contributed by atoms with Crippen molar-refractivity contribution in [3.63, 3.8) is 0 Å². The molecule has 8 heteroatoms. The summed E-state index contributed by atoms with van der Waals surface area (Å²) in [6.07, 6.45) is 1.65. The molecule has 0 bridgehead atoms. The molecule has 0 N–H and O–H groups in total. The number of nitrogens with zero attached hydrogens (tertiary/aromatic N) is 3. The van der Waals surface area contributed by atoms with Crippen LogP contribution in [-0.2, 0) is 10.5 Å². The molecular weight excluding hydrogens is 390 g/mol. The lowest BCUT2D eigenvalue weighted by atomic mass is 10.2. The number of thioether (sulfide) groups is 1. The topological polar surface area (TPSA) is 87.2 Å². The number of esters is 1. The quantitative estimate of drug-likeness (QED) is 0.283. The summed E-state index contributed by atoms with van der Waals surface area (Å²) in [6, 6.07) is 14.2. The van der Waals surface area contributed by atoms with Gasteiger partial charge in [0.2, 0.25) is 5.76 Å². The molecule has 0 aliphatic carbocycles. The largest absolute Gasteiger partial charge is 0.463 e. The molecule has 7 nitrogen and oxygen atoms in total. The lowest BCUT2D eigenvalue weighted by molar-refractivity contribution is 0.0563. The van der Waals surface area contributed by atoms with Crippen LogP contribution in [0, 0.1) is 6.92 Å². The van der Waals surface area contributed by atoms with Crippen molar-refractivity contribution in [1.82, 2.24) is 14.5 Å². The minimum absolute atomic E-state index is 0.132. The Morgan fingerprint density at radius 3 is 2.79 bits per heavy atom. The molecule has 3 heterocycles. The summed E-state index contributed by atoms with van der Waals surface area (Å²) in [5.74, 6) is 1.09. The molecular formula is C21H17N3O4S. The van der Waals surface area contributed by atoms with Gasteiger partial charge in [0.15, 0.2) is 5.16 Å². The molecule has 146 valence electrons. The van der Waals surface area contributed by atoms with Crippen LogP contribution < -0.4 is 5.56 Å². The number of carbonyl (C=O) groups is 1. The number of para-hydroxylation sites is 1. The van der Waals surface area contributed by atoms with Gasteiger partial charge in [-0.05, 0) is 42.8 Å². The molecule has 0 aliphatic rings. The van der Waals surface area contributed by atoms with Gasteiger partial charge in [0.25, 0.3) is 5.56 Å². The van der Waals surface area contributed by atoms with Crippen LogP contribution in [0.4, 0.5) is 0 Å². The number of benzene rings is 1. The van der Waals surface area contributed by atoms with Crippen LogP contribution in [0.15, 0.2) is 69.1 Å². The second kappa shape index (κ2) is 7.92. The first kappa shape index (κ1) is 18.9. The van der Waals surface area contributed by atoms with E-state index in [0.717, 1.165) is 5.56 Å². The zero-order valence-electron chi connectivity index (χ0n) is 15.8. The molecule has 1 aromatic carbocycles. The van der Waals surface area contributed by atoms with Crippen LogP contribution in [-0.4, -0.2) is 27.6 Å². The van der Waals surface area contributed by atoms with E-state index < -0.39 is 5.97 Å². The van der Waals surface area contributed by atoms with E-state index in [-0.39, 0.29) is 11.3 Å².